The number of imidazole rings is 1. The predicted octanol–water partition coefficient (Wildman–Crippen LogP) is 2.63. The molecule has 0 unspecified atom stereocenters. The van der Waals surface area contributed by atoms with Crippen LogP contribution in [0.25, 0.3) is 5.69 Å². The van der Waals surface area contributed by atoms with Gasteiger partial charge in [-0.15, -0.1) is 0 Å². The van der Waals surface area contributed by atoms with E-state index in [1.165, 1.54) is 6.07 Å². The van der Waals surface area contributed by atoms with Gasteiger partial charge in [-0.1, -0.05) is 17.5 Å². The van der Waals surface area contributed by atoms with Gasteiger partial charge in [-0.25, -0.2) is 9.97 Å². The summed E-state index contributed by atoms with van der Waals surface area (Å²) in [4.78, 5) is 22.5. The fourth-order valence-corrected chi connectivity index (χ4v) is 2.50. The summed E-state index contributed by atoms with van der Waals surface area (Å²) in [6.07, 6.45) is 3.22. The van der Waals surface area contributed by atoms with Gasteiger partial charge in [-0.2, -0.15) is 0 Å². The van der Waals surface area contributed by atoms with Crippen molar-refractivity contribution in [1.82, 2.24) is 19.5 Å². The van der Waals surface area contributed by atoms with E-state index < -0.39 is 0 Å². The number of rotatable bonds is 1. The number of halogens is 1. The molecule has 0 atom stereocenters. The summed E-state index contributed by atoms with van der Waals surface area (Å²) < 4.78 is 1.90. The van der Waals surface area contributed by atoms with E-state index in [0.29, 0.717) is 10.8 Å². The zero-order chi connectivity index (χ0) is 16.4. The van der Waals surface area contributed by atoms with E-state index in [2.05, 4.69) is 26.8 Å². The maximum absolute atomic E-state index is 11.5. The van der Waals surface area contributed by atoms with Crippen LogP contribution in [-0.4, -0.2) is 19.5 Å². The largest absolute Gasteiger partial charge is 0.329 e. The summed E-state index contributed by atoms with van der Waals surface area (Å²) in [5.41, 5.74) is 2.91. The third-order valence-electron chi connectivity index (χ3n) is 3.34. The fraction of sp³-hybridized carbons (Fsp3) is 0.118. The maximum Gasteiger partial charge on any atom is 0.250 e. The summed E-state index contributed by atoms with van der Waals surface area (Å²) >= 11 is 5.85. The Kier molecular flexibility index (Phi) is 4.00. The molecule has 0 saturated heterocycles. The molecule has 3 heterocycles. The lowest BCUT2D eigenvalue weighted by Gasteiger charge is -2.06. The second kappa shape index (κ2) is 6.11. The topological polar surface area (TPSA) is 63.6 Å². The van der Waals surface area contributed by atoms with Gasteiger partial charge in [0.25, 0.3) is 0 Å². The van der Waals surface area contributed by atoms with E-state index in [4.69, 9.17) is 11.6 Å². The third kappa shape index (κ3) is 3.17. The Morgan fingerprint density at radius 2 is 2.04 bits per heavy atom. The summed E-state index contributed by atoms with van der Waals surface area (Å²) in [5, 5.41) is 0.402. The highest BCUT2D eigenvalue weighted by Gasteiger charge is 2.11. The normalized spacial score (nSPS) is 10.2. The Morgan fingerprint density at radius 3 is 2.78 bits per heavy atom. The van der Waals surface area contributed by atoms with Gasteiger partial charge >= 0.3 is 0 Å². The first kappa shape index (κ1) is 15.1. The average molecular weight is 325 g/mol. The smallest absolute Gasteiger partial charge is 0.250 e. The van der Waals surface area contributed by atoms with E-state index in [1.807, 2.05) is 24.5 Å². The van der Waals surface area contributed by atoms with Gasteiger partial charge in [0.2, 0.25) is 5.56 Å². The molecule has 3 aromatic rings. The molecule has 0 bridgehead atoms. The molecule has 3 aromatic heterocycles. The Bertz CT molecular complexity index is 992. The summed E-state index contributed by atoms with van der Waals surface area (Å²) in [6, 6.07) is 6.84. The van der Waals surface area contributed by atoms with Crippen molar-refractivity contribution >= 4 is 11.6 Å². The first-order chi connectivity index (χ1) is 11.0. The second-order valence-electron chi connectivity index (χ2n) is 4.96. The quantitative estimate of drug-likeness (QED) is 0.553. The van der Waals surface area contributed by atoms with Gasteiger partial charge in [0.15, 0.2) is 0 Å². The van der Waals surface area contributed by atoms with Crippen molar-refractivity contribution in [2.45, 2.75) is 13.8 Å². The van der Waals surface area contributed by atoms with E-state index in [1.54, 1.807) is 24.5 Å². The lowest BCUT2D eigenvalue weighted by atomic mass is 10.2. The fourth-order valence-electron chi connectivity index (χ4n) is 2.32. The van der Waals surface area contributed by atoms with Crippen molar-refractivity contribution in [3.8, 4) is 17.5 Å². The first-order valence-electron chi connectivity index (χ1n) is 6.93. The van der Waals surface area contributed by atoms with Crippen LogP contribution in [0.2, 0.25) is 5.15 Å². The van der Waals surface area contributed by atoms with Gasteiger partial charge in [-0.05, 0) is 38.0 Å². The highest BCUT2D eigenvalue weighted by atomic mass is 35.5. The van der Waals surface area contributed by atoms with Gasteiger partial charge in [-0.3, -0.25) is 9.36 Å². The molecule has 114 valence electrons. The van der Waals surface area contributed by atoms with E-state index >= 15 is 0 Å². The Hall–Kier alpha value is -2.84. The van der Waals surface area contributed by atoms with E-state index in [0.717, 1.165) is 22.8 Å². The van der Waals surface area contributed by atoms with Crippen LogP contribution in [0.15, 0.2) is 41.5 Å². The number of hydrogen-bond acceptors (Lipinski definition) is 3. The van der Waals surface area contributed by atoms with Crippen LogP contribution in [0.5, 0.6) is 0 Å². The number of nitrogens with zero attached hydrogens (tertiary/aromatic N) is 3. The summed E-state index contributed by atoms with van der Waals surface area (Å²) in [6.45, 7) is 3.80. The van der Waals surface area contributed by atoms with Crippen LogP contribution in [0.3, 0.4) is 0 Å². The molecule has 3 rings (SSSR count). The number of aromatic nitrogens is 4. The minimum Gasteiger partial charge on any atom is -0.329 e. The molecule has 0 aliphatic heterocycles. The molecule has 0 saturated carbocycles. The molecule has 0 aliphatic carbocycles. The van der Waals surface area contributed by atoms with Crippen molar-refractivity contribution in [3.63, 3.8) is 0 Å². The highest BCUT2D eigenvalue weighted by Crippen LogP contribution is 2.16. The molecule has 0 amide bonds. The number of aryl methyl sites for hydroxylation is 1. The Labute approximate surface area is 138 Å². The number of hydrogen-bond donors (Lipinski definition) is 1. The molecule has 5 nitrogen and oxygen atoms in total. The summed E-state index contributed by atoms with van der Waals surface area (Å²) in [7, 11) is 0. The standard InChI is InChI=1S/C17H13ClN4O/c1-11-15(4-3-13-5-7-19-16(18)9-13)21-12(2)22(11)14-6-8-20-17(23)10-14/h5-10H,1-2H3,(H,20,23). The van der Waals surface area contributed by atoms with Gasteiger partial charge in [0.1, 0.15) is 16.7 Å². The molecule has 0 spiro atoms. The van der Waals surface area contributed by atoms with Crippen molar-refractivity contribution in [3.05, 3.63) is 74.9 Å². The van der Waals surface area contributed by atoms with E-state index in [-0.39, 0.29) is 5.56 Å². The van der Waals surface area contributed by atoms with Crippen molar-refractivity contribution in [1.29, 1.82) is 0 Å². The van der Waals surface area contributed by atoms with Crippen molar-refractivity contribution in [2.75, 3.05) is 0 Å². The lowest BCUT2D eigenvalue weighted by Crippen LogP contribution is -2.07. The third-order valence-corrected chi connectivity index (χ3v) is 3.55. The molecule has 1 N–H and O–H groups in total. The molecule has 0 radical (unpaired) electrons. The van der Waals surface area contributed by atoms with Crippen LogP contribution in [0.1, 0.15) is 22.8 Å². The minimum atomic E-state index is -0.158. The Morgan fingerprint density at radius 1 is 1.22 bits per heavy atom. The highest BCUT2D eigenvalue weighted by molar-refractivity contribution is 6.29. The number of aromatic amines is 1. The molecular weight excluding hydrogens is 312 g/mol. The minimum absolute atomic E-state index is 0.158. The van der Waals surface area contributed by atoms with Crippen LogP contribution in [-0.2, 0) is 0 Å². The first-order valence-corrected chi connectivity index (χ1v) is 7.31. The average Bonchev–Trinajstić information content (AvgIpc) is 2.79. The lowest BCUT2D eigenvalue weighted by molar-refractivity contribution is 0.933. The van der Waals surface area contributed by atoms with Crippen LogP contribution >= 0.6 is 11.6 Å². The van der Waals surface area contributed by atoms with Gasteiger partial charge < -0.3 is 4.98 Å². The molecular formula is C17H13ClN4O. The number of nitrogens with one attached hydrogen (secondary N) is 1. The number of H-pyrrole nitrogens is 1. The summed E-state index contributed by atoms with van der Waals surface area (Å²) in [5.74, 6) is 6.84. The van der Waals surface area contributed by atoms with Crippen LogP contribution in [0.4, 0.5) is 0 Å². The molecule has 0 aliphatic rings. The van der Waals surface area contributed by atoms with E-state index in [9.17, 15) is 4.79 Å². The molecule has 23 heavy (non-hydrogen) atoms. The SMILES string of the molecule is Cc1nc(C#Cc2ccnc(Cl)c2)c(C)n1-c1cc[nH]c(=O)c1. The van der Waals surface area contributed by atoms with Crippen molar-refractivity contribution < 1.29 is 0 Å². The van der Waals surface area contributed by atoms with Gasteiger partial charge in [0, 0.05) is 24.0 Å². The molecule has 0 fully saturated rings. The van der Waals surface area contributed by atoms with Crippen molar-refractivity contribution in [2.24, 2.45) is 0 Å². The predicted molar refractivity (Wildman–Crippen MR) is 88.9 cm³/mol. The van der Waals surface area contributed by atoms with Crippen LogP contribution in [0, 0.1) is 25.7 Å². The van der Waals surface area contributed by atoms with Gasteiger partial charge in [0.05, 0.1) is 11.4 Å². The zero-order valence-corrected chi connectivity index (χ0v) is 13.3. The maximum atomic E-state index is 11.5. The molecule has 0 aromatic carbocycles. The Balaban J connectivity index is 2.04. The zero-order valence-electron chi connectivity index (χ0n) is 12.6. The number of pyridine rings is 2. The monoisotopic (exact) mass is 324 g/mol. The second-order valence-corrected chi connectivity index (χ2v) is 5.34. The van der Waals surface area contributed by atoms with Crippen LogP contribution < -0.4 is 5.56 Å². The molecule has 6 heteroatoms.